The van der Waals surface area contributed by atoms with Crippen molar-refractivity contribution in [1.29, 1.82) is 5.26 Å². The van der Waals surface area contributed by atoms with Gasteiger partial charge in [-0.3, -0.25) is 0 Å². The minimum atomic E-state index is 0.0131. The summed E-state index contributed by atoms with van der Waals surface area (Å²) < 4.78 is 12.4. The fraction of sp³-hybridized carbons (Fsp3) is 0. The van der Waals surface area contributed by atoms with Crippen LogP contribution in [0.4, 0.5) is 0 Å². The number of rotatable bonds is 5. The van der Waals surface area contributed by atoms with Crippen molar-refractivity contribution in [2.75, 3.05) is 0 Å². The van der Waals surface area contributed by atoms with Crippen LogP contribution in [0.5, 0.6) is 0 Å². The molecule has 0 saturated carbocycles. The molecule has 7 heteroatoms. The van der Waals surface area contributed by atoms with Crippen LogP contribution in [0.1, 0.15) is 5.89 Å². The second-order valence-corrected chi connectivity index (χ2v) is 12.5. The molecule has 52 heavy (non-hydrogen) atoms. The number of oxazole rings is 1. The van der Waals surface area contributed by atoms with Crippen molar-refractivity contribution in [3.05, 3.63) is 158 Å². The van der Waals surface area contributed by atoms with E-state index in [-0.39, 0.29) is 5.89 Å². The van der Waals surface area contributed by atoms with Crippen LogP contribution in [0.15, 0.2) is 160 Å². The molecule has 0 atom stereocenters. The van der Waals surface area contributed by atoms with E-state index in [1.165, 1.54) is 0 Å². The molecule has 7 nitrogen and oxygen atoms in total. The summed E-state index contributed by atoms with van der Waals surface area (Å²) in [4.78, 5) is 19.2. The Balaban J connectivity index is 1.11. The zero-order valence-electron chi connectivity index (χ0n) is 27.5. The number of benzene rings is 7. The molecule has 0 aliphatic carbocycles. The number of hydrogen-bond donors (Lipinski definition) is 0. The first-order valence-electron chi connectivity index (χ1n) is 16.9. The normalized spacial score (nSPS) is 11.4. The molecule has 0 spiro atoms. The summed E-state index contributed by atoms with van der Waals surface area (Å²) in [7, 11) is 0. The van der Waals surface area contributed by atoms with Gasteiger partial charge in [0.05, 0.1) is 5.56 Å². The summed E-state index contributed by atoms with van der Waals surface area (Å²) in [6.45, 7) is 0. The minimum Gasteiger partial charge on any atom is -0.455 e. The van der Waals surface area contributed by atoms with Crippen molar-refractivity contribution in [2.45, 2.75) is 0 Å². The van der Waals surface area contributed by atoms with E-state index in [1.54, 1.807) is 0 Å². The summed E-state index contributed by atoms with van der Waals surface area (Å²) in [5.41, 5.74) is 9.21. The van der Waals surface area contributed by atoms with Gasteiger partial charge < -0.3 is 8.83 Å². The quantitative estimate of drug-likeness (QED) is 0.180. The van der Waals surface area contributed by atoms with E-state index in [4.69, 9.17) is 23.8 Å². The van der Waals surface area contributed by atoms with Crippen molar-refractivity contribution in [2.24, 2.45) is 0 Å². The molecule has 0 aliphatic heterocycles. The smallest absolute Gasteiger partial charge is 0.301 e. The molecule has 0 fully saturated rings. The van der Waals surface area contributed by atoms with E-state index in [9.17, 15) is 5.26 Å². The molecule has 0 radical (unpaired) electrons. The molecule has 7 aromatic carbocycles. The molecule has 0 aliphatic rings. The van der Waals surface area contributed by atoms with Gasteiger partial charge in [-0.15, -0.1) is 0 Å². The van der Waals surface area contributed by atoms with E-state index in [1.807, 2.05) is 103 Å². The Kier molecular flexibility index (Phi) is 6.73. The van der Waals surface area contributed by atoms with Crippen LogP contribution in [-0.4, -0.2) is 19.9 Å². The average molecular weight is 668 g/mol. The summed E-state index contributed by atoms with van der Waals surface area (Å²) in [5.74, 6) is 1.86. The third kappa shape index (κ3) is 4.82. The van der Waals surface area contributed by atoms with E-state index < -0.39 is 0 Å². The number of fused-ring (bicyclic) bond motifs is 5. The highest BCUT2D eigenvalue weighted by molar-refractivity contribution is 6.20. The van der Waals surface area contributed by atoms with Gasteiger partial charge in [0.2, 0.25) is 0 Å². The highest BCUT2D eigenvalue weighted by atomic mass is 16.4. The molecule has 0 amide bonds. The van der Waals surface area contributed by atoms with Crippen LogP contribution in [0.2, 0.25) is 0 Å². The summed E-state index contributed by atoms with van der Waals surface area (Å²) in [6.07, 6.45) is 0. The molecule has 10 aromatic rings. The lowest BCUT2D eigenvalue weighted by molar-refractivity contribution is 0.584. The largest absolute Gasteiger partial charge is 0.455 e. The number of nitrogens with zero attached hydrogens (tertiary/aromatic N) is 5. The van der Waals surface area contributed by atoms with Crippen LogP contribution in [-0.2, 0) is 0 Å². The summed E-state index contributed by atoms with van der Waals surface area (Å²) in [5, 5.41) is 13.7. The number of nitriles is 1. The molecular formula is C45H25N5O2. The van der Waals surface area contributed by atoms with Crippen molar-refractivity contribution < 1.29 is 8.83 Å². The fourth-order valence-electron chi connectivity index (χ4n) is 7.04. The van der Waals surface area contributed by atoms with Crippen LogP contribution < -0.4 is 0 Å². The van der Waals surface area contributed by atoms with Gasteiger partial charge >= 0.3 is 5.89 Å². The van der Waals surface area contributed by atoms with Crippen molar-refractivity contribution >= 4 is 43.8 Å². The van der Waals surface area contributed by atoms with Gasteiger partial charge in [-0.25, -0.2) is 15.0 Å². The Hall–Kier alpha value is -7.43. The first-order chi connectivity index (χ1) is 25.7. The van der Waals surface area contributed by atoms with Crippen LogP contribution in [0.25, 0.3) is 100 Å². The Bertz CT molecular complexity index is 2960. The SMILES string of the molecule is N#Cc1nc2c(-c3ccc(-c4ccc(-c5nc(-c6ccccc6)nc(-c6ccccc6)n5)cc4)c4ccccc34)c3oc4ccccc4c3cc2o1. The highest BCUT2D eigenvalue weighted by Gasteiger charge is 2.23. The van der Waals surface area contributed by atoms with Gasteiger partial charge in [0.1, 0.15) is 16.7 Å². The van der Waals surface area contributed by atoms with Gasteiger partial charge in [-0.05, 0) is 39.6 Å². The zero-order chi connectivity index (χ0) is 34.6. The average Bonchev–Trinajstić information content (AvgIpc) is 3.81. The number of furan rings is 1. The topological polar surface area (TPSA) is 102 Å². The van der Waals surface area contributed by atoms with Gasteiger partial charge in [-0.1, -0.05) is 140 Å². The predicted molar refractivity (Wildman–Crippen MR) is 204 cm³/mol. The highest BCUT2D eigenvalue weighted by Crippen LogP contribution is 2.44. The lowest BCUT2D eigenvalue weighted by Crippen LogP contribution is -2.00. The van der Waals surface area contributed by atoms with Crippen molar-refractivity contribution in [3.8, 4) is 62.5 Å². The predicted octanol–water partition coefficient (Wildman–Crippen LogP) is 11.3. The Morgan fingerprint density at radius 1 is 0.423 bits per heavy atom. The Labute approximate surface area is 297 Å². The maximum atomic E-state index is 9.68. The molecule has 0 N–H and O–H groups in total. The lowest BCUT2D eigenvalue weighted by Gasteiger charge is -2.13. The van der Waals surface area contributed by atoms with Gasteiger partial charge in [0.25, 0.3) is 0 Å². The molecule has 3 heterocycles. The Morgan fingerprint density at radius 2 is 0.942 bits per heavy atom. The van der Waals surface area contributed by atoms with Crippen molar-refractivity contribution in [1.82, 2.24) is 19.9 Å². The van der Waals surface area contributed by atoms with Crippen LogP contribution in [0.3, 0.4) is 0 Å². The molecule has 0 saturated heterocycles. The molecular weight excluding hydrogens is 643 g/mol. The summed E-state index contributed by atoms with van der Waals surface area (Å²) >= 11 is 0. The third-order valence-electron chi connectivity index (χ3n) is 9.47. The fourth-order valence-corrected chi connectivity index (χ4v) is 7.04. The van der Waals surface area contributed by atoms with Crippen molar-refractivity contribution in [3.63, 3.8) is 0 Å². The Morgan fingerprint density at radius 3 is 1.58 bits per heavy atom. The third-order valence-corrected chi connectivity index (χ3v) is 9.47. The van der Waals surface area contributed by atoms with E-state index in [2.05, 4.69) is 59.6 Å². The molecule has 242 valence electrons. The molecule has 10 rings (SSSR count). The molecule has 0 bridgehead atoms. The first kappa shape index (κ1) is 29.5. The maximum absolute atomic E-state index is 9.68. The van der Waals surface area contributed by atoms with E-state index in [0.29, 0.717) is 34.2 Å². The first-order valence-corrected chi connectivity index (χ1v) is 16.9. The monoisotopic (exact) mass is 667 g/mol. The van der Waals surface area contributed by atoms with Gasteiger partial charge in [0.15, 0.2) is 29.1 Å². The van der Waals surface area contributed by atoms with E-state index >= 15 is 0 Å². The second kappa shape index (κ2) is 11.9. The standard InChI is InChI=1S/C45H25N5O2/c46-26-39-47-41-38(51-39)25-36-34-17-9-10-18-37(34)52-42(36)40(41)35-24-23-31(32-15-7-8-16-33(32)35)27-19-21-30(22-20-27)45-49-43(28-11-3-1-4-12-28)48-44(50-45)29-13-5-2-6-14-29/h1-25H. The number of aromatic nitrogens is 4. The van der Waals surface area contributed by atoms with Gasteiger partial charge in [-0.2, -0.15) is 10.2 Å². The zero-order valence-corrected chi connectivity index (χ0v) is 27.5. The van der Waals surface area contributed by atoms with E-state index in [0.717, 1.165) is 66.1 Å². The molecule has 0 unspecified atom stereocenters. The number of para-hydroxylation sites is 1. The molecule has 3 aromatic heterocycles. The second-order valence-electron chi connectivity index (χ2n) is 12.5. The van der Waals surface area contributed by atoms with Crippen LogP contribution >= 0.6 is 0 Å². The van der Waals surface area contributed by atoms with Crippen LogP contribution in [0, 0.1) is 11.3 Å². The lowest BCUT2D eigenvalue weighted by atomic mass is 9.90. The minimum absolute atomic E-state index is 0.0131. The van der Waals surface area contributed by atoms with Gasteiger partial charge in [0, 0.05) is 27.5 Å². The maximum Gasteiger partial charge on any atom is 0.301 e. The number of hydrogen-bond acceptors (Lipinski definition) is 7. The summed E-state index contributed by atoms with van der Waals surface area (Å²) in [6, 6.07) is 52.8.